The lowest BCUT2D eigenvalue weighted by molar-refractivity contribution is -0.124. The van der Waals surface area contributed by atoms with Crippen LogP contribution in [0.4, 0.5) is 0 Å². The molecule has 1 aromatic carbocycles. The van der Waals surface area contributed by atoms with Crippen LogP contribution in [0.1, 0.15) is 18.0 Å². The number of carbonyl (C=O) groups is 1. The molecule has 7 heteroatoms. The lowest BCUT2D eigenvalue weighted by atomic mass is 10.0. The molecule has 3 rings (SSSR count). The van der Waals surface area contributed by atoms with E-state index in [1.54, 1.807) is 0 Å². The molecule has 1 saturated heterocycles. The zero-order valence-electron chi connectivity index (χ0n) is 12.3. The van der Waals surface area contributed by atoms with Gasteiger partial charge in [0.05, 0.1) is 6.61 Å². The van der Waals surface area contributed by atoms with Crippen LogP contribution in [0.5, 0.6) is 0 Å². The molecule has 2 heterocycles. The summed E-state index contributed by atoms with van der Waals surface area (Å²) in [5.74, 6) is 0.332. The van der Waals surface area contributed by atoms with Gasteiger partial charge < -0.3 is 10.1 Å². The third-order valence-corrected chi connectivity index (χ3v) is 3.85. The van der Waals surface area contributed by atoms with Crippen LogP contribution in [0, 0.1) is 5.92 Å². The summed E-state index contributed by atoms with van der Waals surface area (Å²) in [5, 5.41) is 14.2. The first-order chi connectivity index (χ1) is 10.8. The third kappa shape index (κ3) is 3.67. The molecule has 1 fully saturated rings. The molecule has 2 unspecified atom stereocenters. The first-order valence-electron chi connectivity index (χ1n) is 7.45. The maximum atomic E-state index is 12.5. The molecule has 116 valence electrons. The van der Waals surface area contributed by atoms with Crippen LogP contribution in [-0.2, 0) is 16.0 Å². The van der Waals surface area contributed by atoms with Crippen LogP contribution in [0.15, 0.2) is 36.7 Å². The number of tetrazole rings is 1. The number of benzene rings is 1. The standard InChI is InChI=1S/C15H19N5O2/c21-15(16-9-13-6-7-22-10-13)14(20-11-17-18-19-20)8-12-4-2-1-3-5-12/h1-5,11,13-14H,6-10H2,(H,16,21). The molecule has 1 aliphatic heterocycles. The summed E-state index contributed by atoms with van der Waals surface area (Å²) in [4.78, 5) is 12.5. The van der Waals surface area contributed by atoms with E-state index in [4.69, 9.17) is 4.74 Å². The fraction of sp³-hybridized carbons (Fsp3) is 0.467. The van der Waals surface area contributed by atoms with Gasteiger partial charge in [-0.3, -0.25) is 4.79 Å². The van der Waals surface area contributed by atoms with Crippen LogP contribution >= 0.6 is 0 Å². The van der Waals surface area contributed by atoms with Crippen molar-refractivity contribution in [1.29, 1.82) is 0 Å². The topological polar surface area (TPSA) is 81.9 Å². The van der Waals surface area contributed by atoms with E-state index in [1.807, 2.05) is 30.3 Å². The van der Waals surface area contributed by atoms with Crippen molar-refractivity contribution in [3.63, 3.8) is 0 Å². The number of aromatic nitrogens is 4. The van der Waals surface area contributed by atoms with Crippen LogP contribution in [0.25, 0.3) is 0 Å². The summed E-state index contributed by atoms with van der Waals surface area (Å²) in [6.07, 6.45) is 3.03. The Morgan fingerprint density at radius 3 is 2.95 bits per heavy atom. The van der Waals surface area contributed by atoms with Gasteiger partial charge in [-0.1, -0.05) is 30.3 Å². The predicted octanol–water partition coefficient (Wildman–Crippen LogP) is 0.610. The van der Waals surface area contributed by atoms with E-state index in [-0.39, 0.29) is 5.91 Å². The zero-order valence-corrected chi connectivity index (χ0v) is 12.3. The minimum absolute atomic E-state index is 0.0666. The molecule has 0 aliphatic carbocycles. The fourth-order valence-electron chi connectivity index (χ4n) is 2.56. The molecule has 1 aromatic heterocycles. The maximum absolute atomic E-state index is 12.5. The molecular weight excluding hydrogens is 282 g/mol. The molecule has 0 saturated carbocycles. The second-order valence-corrected chi connectivity index (χ2v) is 5.47. The van der Waals surface area contributed by atoms with Crippen LogP contribution in [-0.4, -0.2) is 45.9 Å². The third-order valence-electron chi connectivity index (χ3n) is 3.85. The van der Waals surface area contributed by atoms with Crippen LogP contribution in [0.3, 0.4) is 0 Å². The van der Waals surface area contributed by atoms with Crippen molar-refractivity contribution in [1.82, 2.24) is 25.5 Å². The summed E-state index contributed by atoms with van der Waals surface area (Å²) in [6, 6.07) is 9.42. The average Bonchev–Trinajstić information content (AvgIpc) is 3.24. The van der Waals surface area contributed by atoms with E-state index >= 15 is 0 Å². The minimum atomic E-state index is -0.445. The normalized spacial score (nSPS) is 19.0. The molecule has 2 atom stereocenters. The number of ether oxygens (including phenoxy) is 1. The Balaban J connectivity index is 1.66. The van der Waals surface area contributed by atoms with Gasteiger partial charge in [-0.2, -0.15) is 0 Å². The van der Waals surface area contributed by atoms with Crippen LogP contribution in [0.2, 0.25) is 0 Å². The van der Waals surface area contributed by atoms with E-state index in [0.29, 0.717) is 25.5 Å². The Hall–Kier alpha value is -2.28. The monoisotopic (exact) mass is 301 g/mol. The van der Waals surface area contributed by atoms with Gasteiger partial charge in [-0.25, -0.2) is 4.68 Å². The summed E-state index contributed by atoms with van der Waals surface area (Å²) >= 11 is 0. The lowest BCUT2D eigenvalue weighted by Crippen LogP contribution is -2.37. The van der Waals surface area contributed by atoms with Gasteiger partial charge in [0, 0.05) is 25.5 Å². The fourth-order valence-corrected chi connectivity index (χ4v) is 2.56. The first kappa shape index (κ1) is 14.6. The average molecular weight is 301 g/mol. The summed E-state index contributed by atoms with van der Waals surface area (Å²) < 4.78 is 6.84. The number of hydrogen-bond donors (Lipinski definition) is 1. The number of hydrogen-bond acceptors (Lipinski definition) is 5. The molecular formula is C15H19N5O2. The van der Waals surface area contributed by atoms with Crippen molar-refractivity contribution in [2.24, 2.45) is 5.92 Å². The molecule has 1 amide bonds. The maximum Gasteiger partial charge on any atom is 0.245 e. The van der Waals surface area contributed by atoms with Gasteiger partial charge in [0.1, 0.15) is 12.4 Å². The second kappa shape index (κ2) is 7.13. The van der Waals surface area contributed by atoms with E-state index < -0.39 is 6.04 Å². The number of amides is 1. The van der Waals surface area contributed by atoms with Gasteiger partial charge in [0.25, 0.3) is 0 Å². The van der Waals surface area contributed by atoms with Crippen molar-refractivity contribution in [3.05, 3.63) is 42.2 Å². The van der Waals surface area contributed by atoms with Crippen LogP contribution < -0.4 is 5.32 Å². The highest BCUT2D eigenvalue weighted by atomic mass is 16.5. The predicted molar refractivity (Wildman–Crippen MR) is 78.9 cm³/mol. The second-order valence-electron chi connectivity index (χ2n) is 5.47. The lowest BCUT2D eigenvalue weighted by Gasteiger charge is -2.17. The summed E-state index contributed by atoms with van der Waals surface area (Å²) in [7, 11) is 0. The van der Waals surface area contributed by atoms with Gasteiger partial charge >= 0.3 is 0 Å². The molecule has 0 spiro atoms. The smallest absolute Gasteiger partial charge is 0.245 e. The Kier molecular flexibility index (Phi) is 4.75. The molecule has 1 aliphatic rings. The molecule has 2 aromatic rings. The molecule has 22 heavy (non-hydrogen) atoms. The van der Waals surface area contributed by atoms with Gasteiger partial charge in [-0.15, -0.1) is 5.10 Å². The van der Waals surface area contributed by atoms with Crippen molar-refractivity contribution >= 4 is 5.91 Å². The van der Waals surface area contributed by atoms with Crippen molar-refractivity contribution in [3.8, 4) is 0 Å². The van der Waals surface area contributed by atoms with Gasteiger partial charge in [-0.05, 0) is 22.4 Å². The molecule has 0 bridgehead atoms. The number of rotatable bonds is 6. The highest BCUT2D eigenvalue weighted by Gasteiger charge is 2.24. The Morgan fingerprint density at radius 1 is 1.41 bits per heavy atom. The Bertz CT molecular complexity index is 581. The van der Waals surface area contributed by atoms with E-state index in [9.17, 15) is 4.79 Å². The summed E-state index contributed by atoms with van der Waals surface area (Å²) in [6.45, 7) is 2.13. The van der Waals surface area contributed by atoms with Crippen molar-refractivity contribution in [2.75, 3.05) is 19.8 Å². The Labute approximate surface area is 128 Å². The highest BCUT2D eigenvalue weighted by molar-refractivity contribution is 5.80. The number of nitrogens with one attached hydrogen (secondary N) is 1. The van der Waals surface area contributed by atoms with E-state index in [0.717, 1.165) is 18.6 Å². The van der Waals surface area contributed by atoms with Crippen molar-refractivity contribution < 1.29 is 9.53 Å². The minimum Gasteiger partial charge on any atom is -0.381 e. The first-order valence-corrected chi connectivity index (χ1v) is 7.45. The van der Waals surface area contributed by atoms with Crippen molar-refractivity contribution in [2.45, 2.75) is 18.9 Å². The largest absolute Gasteiger partial charge is 0.381 e. The quantitative estimate of drug-likeness (QED) is 0.845. The number of nitrogens with zero attached hydrogens (tertiary/aromatic N) is 4. The van der Waals surface area contributed by atoms with E-state index in [2.05, 4.69) is 20.8 Å². The van der Waals surface area contributed by atoms with Gasteiger partial charge in [0.2, 0.25) is 5.91 Å². The molecule has 1 N–H and O–H groups in total. The SMILES string of the molecule is O=C(NCC1CCOC1)C(Cc1ccccc1)n1cnnn1. The zero-order chi connectivity index (χ0) is 15.2. The van der Waals surface area contributed by atoms with E-state index in [1.165, 1.54) is 11.0 Å². The summed E-state index contributed by atoms with van der Waals surface area (Å²) in [5.41, 5.74) is 1.07. The van der Waals surface area contributed by atoms with Gasteiger partial charge in [0.15, 0.2) is 0 Å². The molecule has 7 nitrogen and oxygen atoms in total. The molecule has 0 radical (unpaired) electrons. The Morgan fingerprint density at radius 2 is 2.27 bits per heavy atom. The highest BCUT2D eigenvalue weighted by Crippen LogP contribution is 2.15. The number of carbonyl (C=O) groups excluding carboxylic acids is 1.